The highest BCUT2D eigenvalue weighted by atomic mass is 35.5. The molecule has 5 nitrogen and oxygen atoms in total. The van der Waals surface area contributed by atoms with Gasteiger partial charge in [-0.1, -0.05) is 12.1 Å². The summed E-state index contributed by atoms with van der Waals surface area (Å²) in [6.07, 6.45) is 5.10. The molecule has 0 spiro atoms. The van der Waals surface area contributed by atoms with Gasteiger partial charge in [0.15, 0.2) is 0 Å². The number of hydrogen-bond acceptors (Lipinski definition) is 4. The molecule has 0 saturated carbocycles. The number of hydrogen-bond donors (Lipinski definition) is 1. The van der Waals surface area contributed by atoms with Gasteiger partial charge in [-0.3, -0.25) is 4.57 Å². The maximum absolute atomic E-state index is 5.88. The topological polar surface area (TPSA) is 69.6 Å². The molecule has 0 bridgehead atoms. The Balaban J connectivity index is 0.000000810. The first-order valence-corrected chi connectivity index (χ1v) is 4.85. The summed E-state index contributed by atoms with van der Waals surface area (Å²) in [5, 5.41) is 0.867. The number of benzene rings is 1. The Morgan fingerprint density at radius 3 is 2.56 bits per heavy atom. The molecular formula is C11H11Cl2N5. The summed E-state index contributed by atoms with van der Waals surface area (Å²) in [7, 11) is 0. The van der Waals surface area contributed by atoms with E-state index in [1.54, 1.807) is 23.3 Å². The predicted molar refractivity (Wildman–Crippen MR) is 75.6 cm³/mol. The lowest BCUT2D eigenvalue weighted by Gasteiger charge is -2.04. The van der Waals surface area contributed by atoms with Gasteiger partial charge in [-0.05, 0) is 12.1 Å². The standard InChI is InChI=1S/C11H9N5.2ClH/c12-10-8-3-1-2-4-9(8)14-11(15-10)16-6-5-13-7-16;;/h1-7H,(H2,12,14,15);2*1H. The second-order valence-corrected chi connectivity index (χ2v) is 3.40. The lowest BCUT2D eigenvalue weighted by molar-refractivity contribution is 0.944. The summed E-state index contributed by atoms with van der Waals surface area (Å²) in [6, 6.07) is 7.65. The molecule has 0 amide bonds. The average Bonchev–Trinajstić information content (AvgIpc) is 2.82. The van der Waals surface area contributed by atoms with Crippen LogP contribution in [0.1, 0.15) is 0 Å². The van der Waals surface area contributed by atoms with Crippen molar-refractivity contribution in [3.8, 4) is 5.95 Å². The van der Waals surface area contributed by atoms with Crippen LogP contribution in [0.2, 0.25) is 0 Å². The summed E-state index contributed by atoms with van der Waals surface area (Å²) in [4.78, 5) is 12.6. The Hall–Kier alpha value is -1.85. The molecule has 2 aromatic heterocycles. The molecule has 0 unspecified atom stereocenters. The molecule has 0 saturated heterocycles. The number of fused-ring (bicyclic) bond motifs is 1. The van der Waals surface area contributed by atoms with E-state index >= 15 is 0 Å². The summed E-state index contributed by atoms with van der Waals surface area (Å²) >= 11 is 0. The Bertz CT molecular complexity index is 639. The highest BCUT2D eigenvalue weighted by Gasteiger charge is 2.05. The van der Waals surface area contributed by atoms with Crippen molar-refractivity contribution in [1.29, 1.82) is 0 Å². The SMILES string of the molecule is Cl.Cl.Nc1nc(-n2ccnc2)nc2ccccc12. The minimum Gasteiger partial charge on any atom is -0.383 e. The predicted octanol–water partition coefficient (Wildman–Crippen LogP) is 2.24. The van der Waals surface area contributed by atoms with Crippen molar-refractivity contribution < 1.29 is 0 Å². The Morgan fingerprint density at radius 2 is 1.83 bits per heavy atom. The van der Waals surface area contributed by atoms with Crippen molar-refractivity contribution in [2.75, 3.05) is 5.73 Å². The molecule has 0 radical (unpaired) electrons. The van der Waals surface area contributed by atoms with E-state index in [2.05, 4.69) is 15.0 Å². The first-order valence-electron chi connectivity index (χ1n) is 4.85. The Kier molecular flexibility index (Phi) is 4.47. The molecule has 18 heavy (non-hydrogen) atoms. The fraction of sp³-hybridized carbons (Fsp3) is 0. The van der Waals surface area contributed by atoms with E-state index in [4.69, 9.17) is 5.73 Å². The highest BCUT2D eigenvalue weighted by molar-refractivity contribution is 5.88. The molecule has 2 N–H and O–H groups in total. The molecule has 3 rings (SSSR count). The molecule has 0 aliphatic rings. The maximum Gasteiger partial charge on any atom is 0.237 e. The smallest absolute Gasteiger partial charge is 0.237 e. The Morgan fingerprint density at radius 1 is 1.06 bits per heavy atom. The van der Waals surface area contributed by atoms with E-state index in [-0.39, 0.29) is 24.8 Å². The van der Waals surface area contributed by atoms with Gasteiger partial charge in [-0.25, -0.2) is 9.97 Å². The summed E-state index contributed by atoms with van der Waals surface area (Å²) in [5.41, 5.74) is 6.71. The quantitative estimate of drug-likeness (QED) is 0.744. The van der Waals surface area contributed by atoms with Crippen LogP contribution < -0.4 is 5.73 Å². The van der Waals surface area contributed by atoms with Gasteiger partial charge in [0, 0.05) is 17.8 Å². The normalized spacial score (nSPS) is 9.56. The van der Waals surface area contributed by atoms with Crippen molar-refractivity contribution in [3.63, 3.8) is 0 Å². The molecule has 3 aromatic rings. The largest absolute Gasteiger partial charge is 0.383 e. The van der Waals surface area contributed by atoms with E-state index in [0.29, 0.717) is 11.8 Å². The van der Waals surface area contributed by atoms with E-state index in [9.17, 15) is 0 Å². The summed E-state index contributed by atoms with van der Waals surface area (Å²) < 4.78 is 1.72. The highest BCUT2D eigenvalue weighted by Crippen LogP contribution is 2.18. The monoisotopic (exact) mass is 283 g/mol. The van der Waals surface area contributed by atoms with E-state index in [1.165, 1.54) is 0 Å². The van der Waals surface area contributed by atoms with Gasteiger partial charge >= 0.3 is 0 Å². The van der Waals surface area contributed by atoms with Crippen molar-refractivity contribution in [1.82, 2.24) is 19.5 Å². The van der Waals surface area contributed by atoms with Crippen LogP contribution >= 0.6 is 24.8 Å². The number of nitrogens with zero attached hydrogens (tertiary/aromatic N) is 4. The lowest BCUT2D eigenvalue weighted by atomic mass is 10.2. The summed E-state index contributed by atoms with van der Waals surface area (Å²) in [6.45, 7) is 0. The van der Waals surface area contributed by atoms with Crippen molar-refractivity contribution in [3.05, 3.63) is 43.0 Å². The number of anilines is 1. The number of rotatable bonds is 1. The first-order chi connectivity index (χ1) is 7.84. The Labute approximate surface area is 116 Å². The van der Waals surface area contributed by atoms with E-state index in [1.807, 2.05) is 24.3 Å². The third-order valence-electron chi connectivity index (χ3n) is 2.36. The maximum atomic E-state index is 5.88. The van der Waals surface area contributed by atoms with Gasteiger partial charge in [0.1, 0.15) is 12.1 Å². The van der Waals surface area contributed by atoms with Gasteiger partial charge in [0.05, 0.1) is 5.52 Å². The molecule has 2 heterocycles. The van der Waals surface area contributed by atoms with Crippen LogP contribution in [0.25, 0.3) is 16.9 Å². The van der Waals surface area contributed by atoms with Gasteiger partial charge < -0.3 is 5.73 Å². The third-order valence-corrected chi connectivity index (χ3v) is 2.36. The number of imidazole rings is 1. The summed E-state index contributed by atoms with van der Waals surface area (Å²) in [5.74, 6) is 1.02. The number of halogens is 2. The minimum atomic E-state index is 0. The van der Waals surface area contributed by atoms with Crippen LogP contribution in [0.5, 0.6) is 0 Å². The zero-order valence-electron chi connectivity index (χ0n) is 9.22. The molecule has 0 aliphatic carbocycles. The zero-order valence-corrected chi connectivity index (χ0v) is 10.9. The number of para-hydroxylation sites is 1. The number of aromatic nitrogens is 4. The van der Waals surface area contributed by atoms with Crippen molar-refractivity contribution >= 4 is 41.5 Å². The van der Waals surface area contributed by atoms with Crippen LogP contribution in [0.15, 0.2) is 43.0 Å². The lowest BCUT2D eigenvalue weighted by Crippen LogP contribution is -2.02. The molecule has 1 aromatic carbocycles. The van der Waals surface area contributed by atoms with Gasteiger partial charge in [-0.2, -0.15) is 4.98 Å². The number of nitrogens with two attached hydrogens (primary N) is 1. The van der Waals surface area contributed by atoms with Crippen molar-refractivity contribution in [2.45, 2.75) is 0 Å². The molecule has 0 fully saturated rings. The fourth-order valence-corrected chi connectivity index (χ4v) is 1.58. The van der Waals surface area contributed by atoms with Crippen LogP contribution in [-0.4, -0.2) is 19.5 Å². The average molecular weight is 284 g/mol. The minimum absolute atomic E-state index is 0. The zero-order chi connectivity index (χ0) is 11.0. The molecule has 0 aliphatic heterocycles. The first kappa shape index (κ1) is 14.2. The van der Waals surface area contributed by atoms with Gasteiger partial charge in [-0.15, -0.1) is 24.8 Å². The molecule has 0 atom stereocenters. The number of nitrogen functional groups attached to an aromatic ring is 1. The van der Waals surface area contributed by atoms with Crippen LogP contribution in [-0.2, 0) is 0 Å². The second-order valence-electron chi connectivity index (χ2n) is 3.40. The molecule has 94 valence electrons. The third kappa shape index (κ3) is 2.37. The second kappa shape index (κ2) is 5.66. The van der Waals surface area contributed by atoms with Crippen LogP contribution in [0.4, 0.5) is 5.82 Å². The molecule has 7 heteroatoms. The molecular weight excluding hydrogens is 273 g/mol. The van der Waals surface area contributed by atoms with E-state index in [0.717, 1.165) is 10.9 Å². The van der Waals surface area contributed by atoms with Crippen LogP contribution in [0, 0.1) is 0 Å². The van der Waals surface area contributed by atoms with Crippen LogP contribution in [0.3, 0.4) is 0 Å². The van der Waals surface area contributed by atoms with E-state index < -0.39 is 0 Å². The van der Waals surface area contributed by atoms with Gasteiger partial charge in [0.2, 0.25) is 5.95 Å². The van der Waals surface area contributed by atoms with Crippen molar-refractivity contribution in [2.24, 2.45) is 0 Å². The fourth-order valence-electron chi connectivity index (χ4n) is 1.58. The van der Waals surface area contributed by atoms with Gasteiger partial charge in [0.25, 0.3) is 0 Å².